The van der Waals surface area contributed by atoms with E-state index >= 15 is 0 Å². The first-order valence-electron chi connectivity index (χ1n) is 11.1. The van der Waals surface area contributed by atoms with Gasteiger partial charge in [-0.1, -0.05) is 78.9 Å². The van der Waals surface area contributed by atoms with Gasteiger partial charge in [0.2, 0.25) is 0 Å². The molecule has 7 rings (SSSR count). The molecule has 0 aliphatic rings. The molecular formula is C29H18NO3P. The highest BCUT2D eigenvalue weighted by Gasteiger charge is 2.15. The third kappa shape index (κ3) is 3.04. The van der Waals surface area contributed by atoms with Crippen LogP contribution in [0.5, 0.6) is 5.75 Å². The molecule has 0 aliphatic heterocycles. The Morgan fingerprint density at radius 1 is 0.559 bits per heavy atom. The van der Waals surface area contributed by atoms with Crippen molar-refractivity contribution in [1.29, 1.82) is 0 Å². The second-order valence-electron chi connectivity index (χ2n) is 8.15. The molecule has 0 aliphatic carbocycles. The highest BCUT2D eigenvalue weighted by molar-refractivity contribution is 7.32. The van der Waals surface area contributed by atoms with E-state index in [0.717, 1.165) is 54.4 Å². The molecule has 0 bridgehead atoms. The molecule has 0 N–H and O–H groups in total. The molecule has 5 aromatic carbocycles. The predicted molar refractivity (Wildman–Crippen MR) is 139 cm³/mol. The van der Waals surface area contributed by atoms with Crippen LogP contribution in [0.25, 0.3) is 54.4 Å². The first kappa shape index (κ1) is 19.2. The third-order valence-corrected chi connectivity index (χ3v) is 7.18. The number of rotatable bonds is 2. The van der Waals surface area contributed by atoms with E-state index in [1.165, 1.54) is 0 Å². The zero-order valence-electron chi connectivity index (χ0n) is 18.0. The summed E-state index contributed by atoms with van der Waals surface area (Å²) in [5.41, 5.74) is 2.27. The number of aromatic nitrogens is 1. The lowest BCUT2D eigenvalue weighted by Gasteiger charge is -2.05. The van der Waals surface area contributed by atoms with Gasteiger partial charge in [0.15, 0.2) is 5.75 Å². The molecule has 162 valence electrons. The normalized spacial score (nSPS) is 11.5. The second kappa shape index (κ2) is 7.65. The lowest BCUT2D eigenvalue weighted by atomic mass is 9.99. The molecule has 4 nitrogen and oxygen atoms in total. The van der Waals surface area contributed by atoms with Crippen LogP contribution in [0.15, 0.2) is 118 Å². The summed E-state index contributed by atoms with van der Waals surface area (Å²) < 4.78 is 19.2. The minimum atomic E-state index is -1.77. The van der Waals surface area contributed by atoms with Crippen LogP contribution in [-0.2, 0) is 0 Å². The molecule has 0 atom stereocenters. The van der Waals surface area contributed by atoms with Gasteiger partial charge in [-0.3, -0.25) is 4.98 Å². The van der Waals surface area contributed by atoms with Gasteiger partial charge < -0.3 is 12.9 Å². The first-order chi connectivity index (χ1) is 16.8. The molecule has 0 spiro atoms. The van der Waals surface area contributed by atoms with Crippen LogP contribution in [0, 0.1) is 0 Å². The molecule has 0 amide bonds. The van der Waals surface area contributed by atoms with Crippen LogP contribution in [0.3, 0.4) is 0 Å². The van der Waals surface area contributed by atoms with Crippen LogP contribution in [0.4, 0.5) is 0 Å². The van der Waals surface area contributed by atoms with E-state index in [9.17, 15) is 0 Å². The van der Waals surface area contributed by atoms with Crippen LogP contribution < -0.4 is 4.52 Å². The molecule has 0 fully saturated rings. The fourth-order valence-electron chi connectivity index (χ4n) is 4.62. The first-order valence-corrected chi connectivity index (χ1v) is 12.2. The molecule has 0 saturated heterocycles. The third-order valence-electron chi connectivity index (χ3n) is 6.15. The van der Waals surface area contributed by atoms with Crippen molar-refractivity contribution in [3.8, 4) is 5.75 Å². The average molecular weight is 459 g/mol. The maximum atomic E-state index is 6.44. The summed E-state index contributed by atoms with van der Waals surface area (Å²) in [6.07, 6.45) is 1.76. The van der Waals surface area contributed by atoms with Crippen molar-refractivity contribution in [2.75, 3.05) is 0 Å². The van der Waals surface area contributed by atoms with Gasteiger partial charge in [-0.05, 0) is 45.8 Å². The van der Waals surface area contributed by atoms with Crippen molar-refractivity contribution in [2.45, 2.75) is 0 Å². The van der Waals surface area contributed by atoms with E-state index in [2.05, 4.69) is 65.6 Å². The van der Waals surface area contributed by atoms with Crippen molar-refractivity contribution in [3.05, 3.63) is 109 Å². The molecule has 2 aromatic heterocycles. The maximum absolute atomic E-state index is 6.44. The topological polar surface area (TPSA) is 48.4 Å². The van der Waals surface area contributed by atoms with Crippen molar-refractivity contribution in [3.63, 3.8) is 0 Å². The van der Waals surface area contributed by atoms with Gasteiger partial charge in [-0.2, -0.15) is 0 Å². The second-order valence-corrected chi connectivity index (χ2v) is 9.14. The summed E-state index contributed by atoms with van der Waals surface area (Å²) >= 11 is 0. The summed E-state index contributed by atoms with van der Waals surface area (Å²) in [6.45, 7) is 0. The number of hydrogen-bond donors (Lipinski definition) is 0. The molecular weight excluding hydrogens is 441 g/mol. The summed E-state index contributed by atoms with van der Waals surface area (Å²) in [4.78, 5) is 4.51. The van der Waals surface area contributed by atoms with Crippen molar-refractivity contribution in [2.24, 2.45) is 0 Å². The van der Waals surface area contributed by atoms with Crippen LogP contribution >= 0.6 is 8.24 Å². The monoisotopic (exact) mass is 459 g/mol. The molecule has 0 unspecified atom stereocenters. The van der Waals surface area contributed by atoms with Crippen LogP contribution in [0.1, 0.15) is 0 Å². The molecule has 0 radical (unpaired) electrons. The SMILES string of the molecule is c1cnc2c(Op3oc4ccc5ccccc5c4c4c(ccc5ccccc54)o3)cccc2c1. The summed E-state index contributed by atoms with van der Waals surface area (Å²) in [6, 6.07) is 34.7. The lowest BCUT2D eigenvalue weighted by Crippen LogP contribution is -1.84. The number of nitrogens with zero attached hydrogens (tertiary/aromatic N) is 1. The van der Waals surface area contributed by atoms with Gasteiger partial charge >= 0.3 is 8.24 Å². The van der Waals surface area contributed by atoms with E-state index in [4.69, 9.17) is 12.9 Å². The average Bonchev–Trinajstić information content (AvgIpc) is 3.05. The fourth-order valence-corrected chi connectivity index (χ4v) is 5.66. The van der Waals surface area contributed by atoms with Gasteiger partial charge in [-0.25, -0.2) is 0 Å². The van der Waals surface area contributed by atoms with E-state index < -0.39 is 8.24 Å². The zero-order valence-corrected chi connectivity index (χ0v) is 18.9. The largest absolute Gasteiger partial charge is 0.453 e. The Labute approximate surface area is 195 Å². The predicted octanol–water partition coefficient (Wildman–Crippen LogP) is 8.99. The molecule has 0 saturated carbocycles. The lowest BCUT2D eigenvalue weighted by molar-refractivity contribution is 0.501. The van der Waals surface area contributed by atoms with Gasteiger partial charge in [0.25, 0.3) is 0 Å². The molecule has 2 heterocycles. The van der Waals surface area contributed by atoms with E-state index in [0.29, 0.717) is 5.75 Å². The molecule has 34 heavy (non-hydrogen) atoms. The number of hydrogen-bond acceptors (Lipinski definition) is 4. The minimum Gasteiger partial charge on any atom is -0.390 e. The Morgan fingerprint density at radius 3 is 1.82 bits per heavy atom. The number of pyridine rings is 1. The van der Waals surface area contributed by atoms with Crippen molar-refractivity contribution < 1.29 is 12.9 Å². The smallest absolute Gasteiger partial charge is 0.390 e. The van der Waals surface area contributed by atoms with Gasteiger partial charge in [0.05, 0.1) is 0 Å². The standard InChI is InChI=1S/C29H18NO3P/c1-3-11-22-19(7-1)14-16-24-27(22)28-23-12-4-2-8-20(23)15-17-25(28)32-34(31-24)33-26-13-5-9-21-10-6-18-30-29(21)26/h1-18H. The Morgan fingerprint density at radius 2 is 1.15 bits per heavy atom. The van der Waals surface area contributed by atoms with Crippen molar-refractivity contribution in [1.82, 2.24) is 4.98 Å². The zero-order chi connectivity index (χ0) is 22.5. The van der Waals surface area contributed by atoms with Gasteiger partial charge in [0, 0.05) is 22.4 Å². The minimum absolute atomic E-state index is 0.635. The Balaban J connectivity index is 1.61. The van der Waals surface area contributed by atoms with Gasteiger partial charge in [0.1, 0.15) is 16.7 Å². The fraction of sp³-hybridized carbons (Fsp3) is 0. The van der Waals surface area contributed by atoms with Crippen molar-refractivity contribution >= 4 is 62.6 Å². The summed E-state index contributed by atoms with van der Waals surface area (Å²) in [7, 11) is -1.77. The Kier molecular flexibility index (Phi) is 4.33. The van der Waals surface area contributed by atoms with Crippen LogP contribution in [-0.4, -0.2) is 4.98 Å². The maximum Gasteiger partial charge on any atom is 0.453 e. The van der Waals surface area contributed by atoms with E-state index in [-0.39, 0.29) is 0 Å². The van der Waals surface area contributed by atoms with E-state index in [1.54, 1.807) is 6.20 Å². The highest BCUT2D eigenvalue weighted by Crippen LogP contribution is 2.42. The van der Waals surface area contributed by atoms with E-state index in [1.807, 2.05) is 42.5 Å². The van der Waals surface area contributed by atoms with Crippen LogP contribution in [0.2, 0.25) is 0 Å². The Bertz CT molecular complexity index is 1810. The Hall–Kier alpha value is -4.27. The number of benzene rings is 5. The summed E-state index contributed by atoms with van der Waals surface area (Å²) in [5, 5.41) is 7.57. The number of fused-ring (bicyclic) bond motifs is 8. The summed E-state index contributed by atoms with van der Waals surface area (Å²) in [5.74, 6) is 0.635. The molecule has 7 aromatic rings. The highest BCUT2D eigenvalue weighted by atomic mass is 31.1. The van der Waals surface area contributed by atoms with Gasteiger partial charge in [-0.15, -0.1) is 0 Å². The molecule has 5 heteroatoms. The quantitative estimate of drug-likeness (QED) is 0.259. The number of para-hydroxylation sites is 1.